The summed E-state index contributed by atoms with van der Waals surface area (Å²) in [6.45, 7) is 0.155. The zero-order valence-electron chi connectivity index (χ0n) is 14.2. The van der Waals surface area contributed by atoms with Crippen molar-refractivity contribution in [1.29, 1.82) is 0 Å². The van der Waals surface area contributed by atoms with Crippen LogP contribution in [0.25, 0.3) is 0 Å². The van der Waals surface area contributed by atoms with Crippen molar-refractivity contribution in [2.24, 2.45) is 0 Å². The number of ether oxygens (including phenoxy) is 1. The van der Waals surface area contributed by atoms with E-state index < -0.39 is 5.97 Å². The molecular weight excluding hydrogens is 346 g/mol. The summed E-state index contributed by atoms with van der Waals surface area (Å²) in [5, 5.41) is 4.69. The Bertz CT molecular complexity index is 860. The van der Waals surface area contributed by atoms with Crippen LogP contribution in [-0.2, 0) is 22.5 Å². The van der Waals surface area contributed by atoms with Gasteiger partial charge < -0.3 is 10.1 Å². The second kappa shape index (κ2) is 8.97. The molecule has 0 bridgehead atoms. The van der Waals surface area contributed by atoms with Crippen molar-refractivity contribution < 1.29 is 14.3 Å². The van der Waals surface area contributed by atoms with Crippen molar-refractivity contribution in [2.45, 2.75) is 13.0 Å². The maximum absolute atomic E-state index is 12.4. The highest BCUT2D eigenvalue weighted by Crippen LogP contribution is 2.15. The fraction of sp³-hybridized carbons (Fsp3) is 0.143. The lowest BCUT2D eigenvalue weighted by Gasteiger charge is -2.10. The number of hydrogen-bond acceptors (Lipinski definition) is 4. The summed E-state index contributed by atoms with van der Waals surface area (Å²) in [6, 6.07) is 21.1. The Balaban J connectivity index is 1.56. The summed E-state index contributed by atoms with van der Waals surface area (Å²) in [7, 11) is 0. The number of esters is 1. The van der Waals surface area contributed by atoms with Crippen LogP contribution >= 0.6 is 11.3 Å². The lowest BCUT2D eigenvalue weighted by atomic mass is 10.00. The van der Waals surface area contributed by atoms with Gasteiger partial charge in [0.1, 0.15) is 0 Å². The average Bonchev–Trinajstić information content (AvgIpc) is 3.19. The van der Waals surface area contributed by atoms with E-state index in [9.17, 15) is 9.59 Å². The molecule has 4 nitrogen and oxygen atoms in total. The van der Waals surface area contributed by atoms with Gasteiger partial charge >= 0.3 is 5.97 Å². The number of nitrogens with one attached hydrogen (secondary N) is 1. The molecule has 0 saturated carbocycles. The smallest absolute Gasteiger partial charge is 0.338 e. The topological polar surface area (TPSA) is 55.4 Å². The predicted octanol–water partition coefficient (Wildman–Crippen LogP) is 3.81. The summed E-state index contributed by atoms with van der Waals surface area (Å²) in [5.74, 6) is -0.796. The average molecular weight is 365 g/mol. The molecule has 2 aromatic carbocycles. The van der Waals surface area contributed by atoms with Gasteiger partial charge in [-0.05, 0) is 35.1 Å². The second-order valence-electron chi connectivity index (χ2n) is 5.75. The summed E-state index contributed by atoms with van der Waals surface area (Å²) in [6.07, 6.45) is 0.636. The number of benzene rings is 2. The Morgan fingerprint density at radius 3 is 2.46 bits per heavy atom. The monoisotopic (exact) mass is 365 g/mol. The van der Waals surface area contributed by atoms with E-state index in [1.807, 2.05) is 60.0 Å². The highest BCUT2D eigenvalue weighted by Gasteiger charge is 2.14. The maximum atomic E-state index is 12.4. The number of thiophene rings is 1. The zero-order valence-corrected chi connectivity index (χ0v) is 15.0. The minimum atomic E-state index is -0.484. The van der Waals surface area contributed by atoms with Crippen LogP contribution in [0.2, 0.25) is 0 Å². The normalized spacial score (nSPS) is 10.3. The Kier molecular flexibility index (Phi) is 6.17. The van der Waals surface area contributed by atoms with E-state index in [0.29, 0.717) is 18.5 Å². The lowest BCUT2D eigenvalue weighted by Crippen LogP contribution is -2.28. The van der Waals surface area contributed by atoms with Crippen LogP contribution in [0.1, 0.15) is 26.4 Å². The highest BCUT2D eigenvalue weighted by atomic mass is 32.1. The van der Waals surface area contributed by atoms with E-state index in [0.717, 1.165) is 16.0 Å². The summed E-state index contributed by atoms with van der Waals surface area (Å²) >= 11 is 1.57. The molecule has 132 valence electrons. The third-order valence-corrected chi connectivity index (χ3v) is 4.73. The molecule has 3 rings (SSSR count). The van der Waals surface area contributed by atoms with Crippen LogP contribution in [-0.4, -0.2) is 18.5 Å². The largest absolute Gasteiger partial charge is 0.452 e. The Morgan fingerprint density at radius 2 is 1.69 bits per heavy atom. The van der Waals surface area contributed by atoms with E-state index in [-0.39, 0.29) is 12.5 Å². The summed E-state index contributed by atoms with van der Waals surface area (Å²) < 4.78 is 5.19. The van der Waals surface area contributed by atoms with Gasteiger partial charge in [-0.15, -0.1) is 11.3 Å². The van der Waals surface area contributed by atoms with Crippen molar-refractivity contribution >= 4 is 23.2 Å². The minimum Gasteiger partial charge on any atom is -0.452 e. The molecule has 1 heterocycles. The first-order valence-corrected chi connectivity index (χ1v) is 9.18. The van der Waals surface area contributed by atoms with Gasteiger partial charge in [0.05, 0.1) is 12.1 Å². The number of amides is 1. The maximum Gasteiger partial charge on any atom is 0.338 e. The molecule has 0 aliphatic carbocycles. The fourth-order valence-electron chi connectivity index (χ4n) is 2.55. The van der Waals surface area contributed by atoms with Crippen LogP contribution in [0, 0.1) is 0 Å². The molecule has 0 atom stereocenters. The molecule has 3 aromatic rings. The van der Waals surface area contributed by atoms with E-state index >= 15 is 0 Å². The molecule has 1 amide bonds. The van der Waals surface area contributed by atoms with Crippen LogP contribution in [0.15, 0.2) is 72.1 Å². The molecular formula is C21H19NO3S. The molecule has 0 aliphatic rings. The minimum absolute atomic E-state index is 0.288. The van der Waals surface area contributed by atoms with E-state index in [4.69, 9.17) is 4.74 Å². The third kappa shape index (κ3) is 5.04. The molecule has 0 radical (unpaired) electrons. The lowest BCUT2D eigenvalue weighted by molar-refractivity contribution is -0.124. The van der Waals surface area contributed by atoms with E-state index in [2.05, 4.69) is 5.32 Å². The summed E-state index contributed by atoms with van der Waals surface area (Å²) in [4.78, 5) is 25.3. The first-order chi connectivity index (χ1) is 12.7. The van der Waals surface area contributed by atoms with Gasteiger partial charge in [0.15, 0.2) is 6.61 Å². The van der Waals surface area contributed by atoms with Crippen LogP contribution in [0.4, 0.5) is 0 Å². The molecule has 0 aliphatic heterocycles. The van der Waals surface area contributed by atoms with Gasteiger partial charge in [-0.25, -0.2) is 4.79 Å². The molecule has 0 unspecified atom stereocenters. The van der Waals surface area contributed by atoms with Crippen LogP contribution in [0.3, 0.4) is 0 Å². The molecule has 0 spiro atoms. The van der Waals surface area contributed by atoms with Gasteiger partial charge in [-0.3, -0.25) is 4.79 Å². The van der Waals surface area contributed by atoms with Crippen molar-refractivity contribution in [2.75, 3.05) is 6.61 Å². The van der Waals surface area contributed by atoms with Crippen molar-refractivity contribution in [3.8, 4) is 0 Å². The number of carbonyl (C=O) groups is 2. The molecule has 1 aromatic heterocycles. The van der Waals surface area contributed by atoms with Gasteiger partial charge in [0.25, 0.3) is 5.91 Å². The van der Waals surface area contributed by atoms with Crippen LogP contribution < -0.4 is 5.32 Å². The second-order valence-corrected chi connectivity index (χ2v) is 6.78. The SMILES string of the molecule is O=C(COC(=O)c1ccccc1Cc1ccccc1)NCc1cccs1. The van der Waals surface area contributed by atoms with Crippen molar-refractivity contribution in [1.82, 2.24) is 5.32 Å². The Morgan fingerprint density at radius 1 is 0.923 bits per heavy atom. The zero-order chi connectivity index (χ0) is 18.2. The molecule has 0 saturated heterocycles. The third-order valence-electron chi connectivity index (χ3n) is 3.85. The molecule has 5 heteroatoms. The summed E-state index contributed by atoms with van der Waals surface area (Å²) in [5.41, 5.74) is 2.48. The number of hydrogen-bond donors (Lipinski definition) is 1. The molecule has 1 N–H and O–H groups in total. The van der Waals surface area contributed by atoms with Gasteiger partial charge in [0.2, 0.25) is 0 Å². The van der Waals surface area contributed by atoms with Gasteiger partial charge in [-0.1, -0.05) is 54.6 Å². The van der Waals surface area contributed by atoms with Gasteiger partial charge in [-0.2, -0.15) is 0 Å². The standard InChI is InChI=1S/C21H19NO3S/c23-20(22-14-18-10-6-12-26-18)15-25-21(24)19-11-5-4-9-17(19)13-16-7-2-1-3-8-16/h1-12H,13-15H2,(H,22,23). The molecule has 26 heavy (non-hydrogen) atoms. The fourth-order valence-corrected chi connectivity index (χ4v) is 3.19. The molecule has 0 fully saturated rings. The Labute approximate surface area is 156 Å². The predicted molar refractivity (Wildman–Crippen MR) is 102 cm³/mol. The van der Waals surface area contributed by atoms with Gasteiger partial charge in [0, 0.05) is 4.88 Å². The Hall–Kier alpha value is -2.92. The van der Waals surface area contributed by atoms with E-state index in [1.54, 1.807) is 23.5 Å². The quantitative estimate of drug-likeness (QED) is 0.648. The first kappa shape index (κ1) is 17.9. The number of rotatable bonds is 7. The highest BCUT2D eigenvalue weighted by molar-refractivity contribution is 7.09. The van der Waals surface area contributed by atoms with Crippen molar-refractivity contribution in [3.63, 3.8) is 0 Å². The first-order valence-electron chi connectivity index (χ1n) is 8.30. The number of carbonyl (C=O) groups excluding carboxylic acids is 2. The van der Waals surface area contributed by atoms with Crippen molar-refractivity contribution in [3.05, 3.63) is 93.7 Å². The van der Waals surface area contributed by atoms with Crippen LogP contribution in [0.5, 0.6) is 0 Å². The van der Waals surface area contributed by atoms with E-state index in [1.165, 1.54) is 0 Å².